The van der Waals surface area contributed by atoms with Crippen LogP contribution >= 0.6 is 24.0 Å². The zero-order chi connectivity index (χ0) is 16.3. The maximum Gasteiger partial charge on any atom is 0.193 e. The zero-order valence-corrected chi connectivity index (χ0v) is 17.2. The highest BCUT2D eigenvalue weighted by atomic mass is 127. The predicted octanol–water partition coefficient (Wildman–Crippen LogP) is 3.79. The number of benzene rings is 1. The molecule has 0 radical (unpaired) electrons. The molecular weight excluding hydrogens is 413 g/mol. The number of halogens is 1. The average Bonchev–Trinajstić information content (AvgIpc) is 2.59. The number of nitrogens with one attached hydrogen (secondary N) is 1. The topological polar surface area (TPSA) is 36.9 Å². The van der Waals surface area contributed by atoms with Crippen molar-refractivity contribution < 1.29 is 4.74 Å². The van der Waals surface area contributed by atoms with Gasteiger partial charge in [0.05, 0.1) is 0 Å². The number of nitrogens with zero attached hydrogens (tertiary/aromatic N) is 2. The van der Waals surface area contributed by atoms with Crippen LogP contribution in [0.15, 0.2) is 40.9 Å². The second-order valence-electron chi connectivity index (χ2n) is 5.78. The third-order valence-electron chi connectivity index (χ3n) is 3.98. The van der Waals surface area contributed by atoms with Crippen molar-refractivity contribution in [3.8, 4) is 0 Å². The van der Waals surface area contributed by atoms with Crippen LogP contribution in [0.5, 0.6) is 0 Å². The van der Waals surface area contributed by atoms with Crippen molar-refractivity contribution in [3.05, 3.63) is 41.5 Å². The smallest absolute Gasteiger partial charge is 0.193 e. The maximum absolute atomic E-state index is 5.09. The standard InChI is InChI=1S/C19H29N3O.HI/c1-3-20-19(21-12-7-15-23-2)22-13-10-18(11-14-22)16-17-8-5-4-6-9-17;/h4-6,8-9,16H,3,7,10-15H2,1-2H3,(H,20,21);1H. The van der Waals surface area contributed by atoms with Crippen LogP contribution in [0.25, 0.3) is 6.08 Å². The summed E-state index contributed by atoms with van der Waals surface area (Å²) in [5, 5.41) is 3.41. The van der Waals surface area contributed by atoms with Crippen molar-refractivity contribution in [2.45, 2.75) is 26.2 Å². The molecule has 1 fully saturated rings. The van der Waals surface area contributed by atoms with Gasteiger partial charge in [0.15, 0.2) is 5.96 Å². The number of likely N-dealkylation sites (tertiary alicyclic amines) is 1. The average molecular weight is 443 g/mol. The number of hydrogen-bond acceptors (Lipinski definition) is 2. The van der Waals surface area contributed by atoms with Crippen LogP contribution in [0.2, 0.25) is 0 Å². The minimum Gasteiger partial charge on any atom is -0.385 e. The lowest BCUT2D eigenvalue weighted by molar-refractivity contribution is 0.197. The molecule has 24 heavy (non-hydrogen) atoms. The van der Waals surface area contributed by atoms with Crippen LogP contribution in [0.1, 0.15) is 31.7 Å². The fourth-order valence-electron chi connectivity index (χ4n) is 2.75. The van der Waals surface area contributed by atoms with E-state index in [2.05, 4.69) is 53.5 Å². The van der Waals surface area contributed by atoms with Gasteiger partial charge in [0.2, 0.25) is 0 Å². The first kappa shape index (κ1) is 21.0. The molecular formula is C19H30IN3O. The first-order valence-electron chi connectivity index (χ1n) is 8.60. The zero-order valence-electron chi connectivity index (χ0n) is 14.8. The highest BCUT2D eigenvalue weighted by molar-refractivity contribution is 14.0. The van der Waals surface area contributed by atoms with E-state index in [-0.39, 0.29) is 24.0 Å². The van der Waals surface area contributed by atoms with Crippen LogP contribution in [-0.2, 0) is 4.74 Å². The van der Waals surface area contributed by atoms with Gasteiger partial charge in [-0.05, 0) is 31.7 Å². The third kappa shape index (κ3) is 7.21. The van der Waals surface area contributed by atoms with E-state index >= 15 is 0 Å². The van der Waals surface area contributed by atoms with Gasteiger partial charge >= 0.3 is 0 Å². The Kier molecular flexibility index (Phi) is 10.7. The number of hydrogen-bond donors (Lipinski definition) is 1. The molecule has 5 heteroatoms. The Balaban J connectivity index is 0.00000288. The Morgan fingerprint density at radius 2 is 1.96 bits per heavy atom. The van der Waals surface area contributed by atoms with Gasteiger partial charge in [-0.15, -0.1) is 24.0 Å². The van der Waals surface area contributed by atoms with Crippen LogP contribution in [0.4, 0.5) is 0 Å². The molecule has 1 aromatic rings. The van der Waals surface area contributed by atoms with E-state index in [0.29, 0.717) is 0 Å². The number of methoxy groups -OCH3 is 1. The lowest BCUT2D eigenvalue weighted by Crippen LogP contribution is -2.44. The molecule has 0 amide bonds. The van der Waals surface area contributed by atoms with Gasteiger partial charge in [-0.2, -0.15) is 0 Å². The summed E-state index contributed by atoms with van der Waals surface area (Å²) in [5.41, 5.74) is 2.83. The Morgan fingerprint density at radius 1 is 1.25 bits per heavy atom. The molecule has 1 aliphatic rings. The second-order valence-corrected chi connectivity index (χ2v) is 5.78. The molecule has 2 rings (SSSR count). The minimum absolute atomic E-state index is 0. The molecule has 0 spiro atoms. The summed E-state index contributed by atoms with van der Waals surface area (Å²) in [6, 6.07) is 10.6. The monoisotopic (exact) mass is 443 g/mol. The molecule has 1 N–H and O–H groups in total. The van der Waals surface area contributed by atoms with Gasteiger partial charge in [-0.1, -0.05) is 42.0 Å². The predicted molar refractivity (Wildman–Crippen MR) is 113 cm³/mol. The minimum atomic E-state index is 0. The molecule has 1 heterocycles. The van der Waals surface area contributed by atoms with Crippen LogP contribution < -0.4 is 5.32 Å². The van der Waals surface area contributed by atoms with Gasteiger partial charge in [-0.3, -0.25) is 4.99 Å². The van der Waals surface area contributed by atoms with E-state index in [0.717, 1.165) is 58.0 Å². The van der Waals surface area contributed by atoms with Crippen LogP contribution in [0.3, 0.4) is 0 Å². The molecule has 1 saturated heterocycles. The molecule has 0 aliphatic carbocycles. The van der Waals surface area contributed by atoms with Gasteiger partial charge in [0.1, 0.15) is 0 Å². The molecule has 134 valence electrons. The summed E-state index contributed by atoms with van der Waals surface area (Å²) in [7, 11) is 1.74. The Hall–Kier alpha value is -1.08. The molecule has 0 aromatic heterocycles. The number of rotatable bonds is 6. The lowest BCUT2D eigenvalue weighted by Gasteiger charge is -2.31. The number of guanidine groups is 1. The number of piperidine rings is 1. The maximum atomic E-state index is 5.09. The molecule has 0 bridgehead atoms. The number of ether oxygens (including phenoxy) is 1. The molecule has 0 saturated carbocycles. The van der Waals surface area contributed by atoms with Crippen molar-refractivity contribution in [2.75, 3.05) is 39.9 Å². The summed E-state index contributed by atoms with van der Waals surface area (Å²) >= 11 is 0. The molecule has 1 aromatic carbocycles. The largest absolute Gasteiger partial charge is 0.385 e. The summed E-state index contributed by atoms with van der Waals surface area (Å²) < 4.78 is 5.09. The number of aliphatic imine (C=N–C) groups is 1. The summed E-state index contributed by atoms with van der Waals surface area (Å²) in [4.78, 5) is 7.09. The van der Waals surface area contributed by atoms with Crippen molar-refractivity contribution in [3.63, 3.8) is 0 Å². The van der Waals surface area contributed by atoms with E-state index in [9.17, 15) is 0 Å². The summed E-state index contributed by atoms with van der Waals surface area (Å²) in [6.45, 7) is 6.69. The van der Waals surface area contributed by atoms with E-state index in [1.54, 1.807) is 7.11 Å². The first-order valence-corrected chi connectivity index (χ1v) is 8.60. The van der Waals surface area contributed by atoms with Gasteiger partial charge in [-0.25, -0.2) is 0 Å². The van der Waals surface area contributed by atoms with Crippen molar-refractivity contribution in [1.82, 2.24) is 10.2 Å². The van der Waals surface area contributed by atoms with E-state index in [1.807, 2.05) is 0 Å². The van der Waals surface area contributed by atoms with Crippen molar-refractivity contribution in [2.24, 2.45) is 4.99 Å². The summed E-state index contributed by atoms with van der Waals surface area (Å²) in [5.74, 6) is 1.04. The van der Waals surface area contributed by atoms with Crippen LogP contribution in [-0.4, -0.2) is 50.8 Å². The van der Waals surface area contributed by atoms with Crippen molar-refractivity contribution >= 4 is 36.0 Å². The van der Waals surface area contributed by atoms with Gasteiger partial charge in [0.25, 0.3) is 0 Å². The fourth-order valence-corrected chi connectivity index (χ4v) is 2.75. The molecule has 0 atom stereocenters. The normalized spacial score (nSPS) is 15.0. The fraction of sp³-hybridized carbons (Fsp3) is 0.526. The Labute approximate surface area is 163 Å². The molecule has 4 nitrogen and oxygen atoms in total. The lowest BCUT2D eigenvalue weighted by atomic mass is 10.0. The molecule has 1 aliphatic heterocycles. The van der Waals surface area contributed by atoms with Gasteiger partial charge < -0.3 is 15.0 Å². The second kappa shape index (κ2) is 12.3. The Bertz CT molecular complexity index is 507. The quantitative estimate of drug-likeness (QED) is 0.315. The molecule has 0 unspecified atom stereocenters. The SMILES string of the molecule is CCNC(=NCCCOC)N1CCC(=Cc2ccccc2)CC1.I. The van der Waals surface area contributed by atoms with E-state index in [1.165, 1.54) is 11.1 Å². The Morgan fingerprint density at radius 3 is 2.58 bits per heavy atom. The highest BCUT2D eigenvalue weighted by Crippen LogP contribution is 2.19. The van der Waals surface area contributed by atoms with E-state index in [4.69, 9.17) is 9.73 Å². The van der Waals surface area contributed by atoms with Crippen LogP contribution in [0, 0.1) is 0 Å². The van der Waals surface area contributed by atoms with Crippen molar-refractivity contribution in [1.29, 1.82) is 0 Å². The van der Waals surface area contributed by atoms with E-state index < -0.39 is 0 Å². The summed E-state index contributed by atoms with van der Waals surface area (Å²) in [6.07, 6.45) is 5.52. The third-order valence-corrected chi connectivity index (χ3v) is 3.98. The van der Waals surface area contributed by atoms with Gasteiger partial charge in [0, 0.05) is 39.9 Å². The first-order chi connectivity index (χ1) is 11.3. The highest BCUT2D eigenvalue weighted by Gasteiger charge is 2.16.